The standard InChI is InChI=1S/C30H30N2O6S/c1-3-36-30(35)25-21-14-6-4-5-7-17-24(21)39-28(25)32-26(33)18(2)37-29(34)20-13-9-8-12-19(20)27-31-22-15-10-11-16-23(22)38-27/h8-13,15-16,18H,3-7,14,17H2,1-2H3,(H,32,33). The van der Waals surface area contributed by atoms with E-state index in [0.717, 1.165) is 49.0 Å². The molecule has 1 aliphatic carbocycles. The number of esters is 2. The van der Waals surface area contributed by atoms with Crippen molar-refractivity contribution in [3.05, 3.63) is 70.1 Å². The molecule has 9 heteroatoms. The molecule has 4 aromatic rings. The Balaban J connectivity index is 1.35. The zero-order chi connectivity index (χ0) is 27.4. The summed E-state index contributed by atoms with van der Waals surface area (Å²) in [4.78, 5) is 44.8. The minimum Gasteiger partial charge on any atom is -0.462 e. The lowest BCUT2D eigenvalue weighted by Crippen LogP contribution is -2.30. The van der Waals surface area contributed by atoms with Gasteiger partial charge >= 0.3 is 11.9 Å². The van der Waals surface area contributed by atoms with Crippen LogP contribution in [-0.2, 0) is 27.1 Å². The van der Waals surface area contributed by atoms with Gasteiger partial charge in [0.2, 0.25) is 5.89 Å². The van der Waals surface area contributed by atoms with Gasteiger partial charge in [-0.3, -0.25) is 4.79 Å². The molecule has 8 nitrogen and oxygen atoms in total. The maximum Gasteiger partial charge on any atom is 0.341 e. The second-order valence-corrected chi connectivity index (χ2v) is 10.5. The number of thiophene rings is 1. The fourth-order valence-electron chi connectivity index (χ4n) is 4.75. The second-order valence-electron chi connectivity index (χ2n) is 9.41. The van der Waals surface area contributed by atoms with E-state index in [1.54, 1.807) is 37.3 Å². The van der Waals surface area contributed by atoms with Gasteiger partial charge in [0, 0.05) is 4.88 Å². The summed E-state index contributed by atoms with van der Waals surface area (Å²) in [6, 6.07) is 14.1. The van der Waals surface area contributed by atoms with Crippen LogP contribution in [0.15, 0.2) is 52.9 Å². The number of hydrogen-bond donors (Lipinski definition) is 1. The van der Waals surface area contributed by atoms with Crippen LogP contribution >= 0.6 is 11.3 Å². The van der Waals surface area contributed by atoms with Crippen LogP contribution in [-0.4, -0.2) is 35.5 Å². The molecule has 2 heterocycles. The summed E-state index contributed by atoms with van der Waals surface area (Å²) in [6.45, 7) is 3.50. The van der Waals surface area contributed by atoms with Crippen LogP contribution in [0.4, 0.5) is 5.00 Å². The summed E-state index contributed by atoms with van der Waals surface area (Å²) < 4.78 is 16.7. The summed E-state index contributed by atoms with van der Waals surface area (Å²) in [5.74, 6) is -1.36. The molecular formula is C30H30N2O6S. The van der Waals surface area contributed by atoms with Crippen LogP contribution in [0.2, 0.25) is 0 Å². The predicted molar refractivity (Wildman–Crippen MR) is 149 cm³/mol. The van der Waals surface area contributed by atoms with Crippen molar-refractivity contribution in [1.29, 1.82) is 0 Å². The number of aromatic nitrogens is 1. The molecule has 0 fully saturated rings. The average Bonchev–Trinajstić information content (AvgIpc) is 3.49. The molecule has 1 atom stereocenters. The first kappa shape index (κ1) is 26.6. The number of benzene rings is 2. The van der Waals surface area contributed by atoms with Crippen molar-refractivity contribution in [2.45, 2.75) is 58.5 Å². The molecule has 1 amide bonds. The molecule has 2 aromatic heterocycles. The highest BCUT2D eigenvalue weighted by molar-refractivity contribution is 7.17. The van der Waals surface area contributed by atoms with Gasteiger partial charge in [-0.1, -0.05) is 37.1 Å². The zero-order valence-corrected chi connectivity index (χ0v) is 22.8. The Morgan fingerprint density at radius 1 is 1.00 bits per heavy atom. The monoisotopic (exact) mass is 546 g/mol. The molecule has 0 aliphatic heterocycles. The third-order valence-electron chi connectivity index (χ3n) is 6.71. The van der Waals surface area contributed by atoms with Crippen molar-refractivity contribution in [2.24, 2.45) is 0 Å². The molecule has 2 aromatic carbocycles. The minimum atomic E-state index is -1.12. The van der Waals surface area contributed by atoms with Gasteiger partial charge in [0.05, 0.1) is 23.3 Å². The molecule has 1 aliphatic rings. The van der Waals surface area contributed by atoms with E-state index in [0.29, 0.717) is 27.2 Å². The van der Waals surface area contributed by atoms with Crippen molar-refractivity contribution in [1.82, 2.24) is 4.98 Å². The Kier molecular flexibility index (Phi) is 8.07. The molecule has 39 heavy (non-hydrogen) atoms. The number of oxazole rings is 1. The fraction of sp³-hybridized carbons (Fsp3) is 0.333. The highest BCUT2D eigenvalue weighted by Crippen LogP contribution is 2.38. The van der Waals surface area contributed by atoms with E-state index in [4.69, 9.17) is 13.9 Å². The number of carbonyl (C=O) groups is 3. The van der Waals surface area contributed by atoms with Crippen LogP contribution in [0.25, 0.3) is 22.6 Å². The molecule has 1 N–H and O–H groups in total. The molecule has 202 valence electrons. The van der Waals surface area contributed by atoms with Crippen LogP contribution in [0.5, 0.6) is 0 Å². The third kappa shape index (κ3) is 5.73. The van der Waals surface area contributed by atoms with E-state index in [9.17, 15) is 14.4 Å². The summed E-state index contributed by atoms with van der Waals surface area (Å²) in [5.41, 5.74) is 3.36. The lowest BCUT2D eigenvalue weighted by Gasteiger charge is -2.15. The highest BCUT2D eigenvalue weighted by atomic mass is 32.1. The van der Waals surface area contributed by atoms with Crippen molar-refractivity contribution in [2.75, 3.05) is 11.9 Å². The normalized spacial score (nSPS) is 14.1. The van der Waals surface area contributed by atoms with Gasteiger partial charge in [-0.15, -0.1) is 11.3 Å². The molecule has 0 saturated heterocycles. The van der Waals surface area contributed by atoms with Gasteiger partial charge in [0.25, 0.3) is 5.91 Å². The molecule has 1 unspecified atom stereocenters. The van der Waals surface area contributed by atoms with Gasteiger partial charge in [-0.25, -0.2) is 14.6 Å². The Bertz CT molecular complexity index is 1490. The molecule has 5 rings (SSSR count). The number of para-hydroxylation sites is 2. The quantitative estimate of drug-likeness (QED) is 0.261. The summed E-state index contributed by atoms with van der Waals surface area (Å²) in [7, 11) is 0. The maximum atomic E-state index is 13.2. The number of anilines is 1. The van der Waals surface area contributed by atoms with E-state index in [2.05, 4.69) is 10.3 Å². The number of ether oxygens (including phenoxy) is 2. The number of amides is 1. The van der Waals surface area contributed by atoms with Crippen LogP contribution < -0.4 is 5.32 Å². The summed E-state index contributed by atoms with van der Waals surface area (Å²) >= 11 is 1.41. The smallest absolute Gasteiger partial charge is 0.341 e. The molecular weight excluding hydrogens is 516 g/mol. The van der Waals surface area contributed by atoms with Gasteiger partial charge in [-0.05, 0) is 69.4 Å². The van der Waals surface area contributed by atoms with Gasteiger partial charge in [-0.2, -0.15) is 0 Å². The predicted octanol–water partition coefficient (Wildman–Crippen LogP) is 6.58. The topological polar surface area (TPSA) is 108 Å². The molecule has 0 saturated carbocycles. The van der Waals surface area contributed by atoms with Crippen LogP contribution in [0.1, 0.15) is 70.7 Å². The Hall–Kier alpha value is -3.98. The molecule has 0 spiro atoms. The van der Waals surface area contributed by atoms with Gasteiger partial charge in [0.1, 0.15) is 10.5 Å². The van der Waals surface area contributed by atoms with Crippen molar-refractivity contribution in [3.63, 3.8) is 0 Å². The summed E-state index contributed by atoms with van der Waals surface area (Å²) in [6.07, 6.45) is 4.79. The Morgan fingerprint density at radius 3 is 2.54 bits per heavy atom. The van der Waals surface area contributed by atoms with Crippen LogP contribution in [0, 0.1) is 0 Å². The average molecular weight is 547 g/mol. The van der Waals surface area contributed by atoms with Crippen LogP contribution in [0.3, 0.4) is 0 Å². The van der Waals surface area contributed by atoms with Crippen molar-refractivity contribution >= 4 is 45.3 Å². The number of hydrogen-bond acceptors (Lipinski definition) is 8. The zero-order valence-electron chi connectivity index (χ0n) is 22.0. The SMILES string of the molecule is CCOC(=O)c1c(NC(=O)C(C)OC(=O)c2ccccc2-c2nc3ccccc3o2)sc2c1CCCCCC2. The van der Waals surface area contributed by atoms with Crippen molar-refractivity contribution in [3.8, 4) is 11.5 Å². The minimum absolute atomic E-state index is 0.231. The van der Waals surface area contributed by atoms with E-state index in [1.165, 1.54) is 18.3 Å². The van der Waals surface area contributed by atoms with E-state index in [1.807, 2.05) is 18.2 Å². The Labute approximate surface area is 230 Å². The van der Waals surface area contributed by atoms with E-state index in [-0.39, 0.29) is 18.1 Å². The number of aryl methyl sites for hydroxylation is 1. The second kappa shape index (κ2) is 11.8. The fourth-order valence-corrected chi connectivity index (χ4v) is 6.03. The first-order valence-electron chi connectivity index (χ1n) is 13.2. The van der Waals surface area contributed by atoms with Gasteiger partial charge < -0.3 is 19.2 Å². The molecule has 0 radical (unpaired) electrons. The lowest BCUT2D eigenvalue weighted by molar-refractivity contribution is -0.123. The first-order valence-corrected chi connectivity index (χ1v) is 14.1. The number of nitrogens with zero attached hydrogens (tertiary/aromatic N) is 1. The number of fused-ring (bicyclic) bond motifs is 2. The van der Waals surface area contributed by atoms with E-state index < -0.39 is 23.9 Å². The number of carbonyl (C=O) groups excluding carboxylic acids is 3. The van der Waals surface area contributed by atoms with E-state index >= 15 is 0 Å². The first-order chi connectivity index (χ1) is 19.0. The number of rotatable bonds is 7. The lowest BCUT2D eigenvalue weighted by atomic mass is 9.96. The largest absolute Gasteiger partial charge is 0.462 e. The Morgan fingerprint density at radius 2 is 1.74 bits per heavy atom. The van der Waals surface area contributed by atoms with Crippen molar-refractivity contribution < 1.29 is 28.3 Å². The molecule has 0 bridgehead atoms. The van der Waals surface area contributed by atoms with Gasteiger partial charge in [0.15, 0.2) is 11.7 Å². The maximum absolute atomic E-state index is 13.2. The third-order valence-corrected chi connectivity index (χ3v) is 7.92. The highest BCUT2D eigenvalue weighted by Gasteiger charge is 2.29. The number of nitrogens with one attached hydrogen (secondary N) is 1. The summed E-state index contributed by atoms with van der Waals surface area (Å²) in [5, 5.41) is 3.28.